The molecule has 1 amide bonds. The number of para-hydroxylation sites is 1. The van der Waals surface area contributed by atoms with Crippen molar-refractivity contribution in [1.29, 1.82) is 0 Å². The third-order valence-corrected chi connectivity index (χ3v) is 5.39. The van der Waals surface area contributed by atoms with Gasteiger partial charge in [-0.25, -0.2) is 4.98 Å². The Hall–Kier alpha value is -2.33. The summed E-state index contributed by atoms with van der Waals surface area (Å²) in [6, 6.07) is 18.2. The molecule has 0 radical (unpaired) electrons. The third kappa shape index (κ3) is 3.69. The summed E-state index contributed by atoms with van der Waals surface area (Å²) in [6.07, 6.45) is 0. The zero-order valence-electron chi connectivity index (χ0n) is 15.0. The summed E-state index contributed by atoms with van der Waals surface area (Å²) in [5, 5.41) is 1.74. The maximum absolute atomic E-state index is 12.7. The number of likely N-dealkylation sites (N-methyl/N-ethyl adjacent to an activating group) is 1. The molecule has 4 heteroatoms. The second kappa shape index (κ2) is 7.28. The Labute approximate surface area is 153 Å². The van der Waals surface area contributed by atoms with Crippen molar-refractivity contribution < 1.29 is 4.79 Å². The Morgan fingerprint density at radius 3 is 2.40 bits per heavy atom. The largest absolute Gasteiger partial charge is 0.348 e. The summed E-state index contributed by atoms with van der Waals surface area (Å²) in [6.45, 7) is 4.17. The first-order chi connectivity index (χ1) is 12.0. The Balaban J connectivity index is 2.04. The quantitative estimate of drug-likeness (QED) is 0.635. The molecule has 1 heterocycles. The molecule has 1 atom stereocenters. The number of carbonyl (C=O) groups excluding carboxylic acids is 1. The summed E-state index contributed by atoms with van der Waals surface area (Å²) in [7, 11) is 3.59. The van der Waals surface area contributed by atoms with Gasteiger partial charge in [0.15, 0.2) is 0 Å². The van der Waals surface area contributed by atoms with Crippen LogP contribution in [0.25, 0.3) is 10.9 Å². The topological polar surface area (TPSA) is 33.2 Å². The molecule has 0 unspecified atom stereocenters. The number of rotatable bonds is 4. The minimum Gasteiger partial charge on any atom is -0.348 e. The lowest BCUT2D eigenvalue weighted by Crippen LogP contribution is -2.26. The Bertz CT molecular complexity index is 906. The van der Waals surface area contributed by atoms with Gasteiger partial charge in [0.25, 0.3) is 0 Å². The number of hydrogen-bond donors (Lipinski definition) is 0. The zero-order chi connectivity index (χ0) is 18.0. The maximum Gasteiger partial charge on any atom is 0.240 e. The molecule has 3 aromatic rings. The zero-order valence-corrected chi connectivity index (χ0v) is 15.8. The number of fused-ring (bicyclic) bond motifs is 1. The molecule has 25 heavy (non-hydrogen) atoms. The van der Waals surface area contributed by atoms with Crippen LogP contribution < -0.4 is 0 Å². The van der Waals surface area contributed by atoms with E-state index in [0.717, 1.165) is 21.7 Å². The van der Waals surface area contributed by atoms with Crippen LogP contribution in [0.15, 0.2) is 59.6 Å². The molecule has 0 aliphatic carbocycles. The average Bonchev–Trinajstić information content (AvgIpc) is 2.61. The molecular weight excluding hydrogens is 328 g/mol. The summed E-state index contributed by atoms with van der Waals surface area (Å²) in [4.78, 5) is 19.2. The van der Waals surface area contributed by atoms with E-state index >= 15 is 0 Å². The Morgan fingerprint density at radius 1 is 1.00 bits per heavy atom. The highest BCUT2D eigenvalue weighted by Crippen LogP contribution is 2.37. The molecule has 128 valence electrons. The third-order valence-electron chi connectivity index (χ3n) is 4.23. The first-order valence-corrected chi connectivity index (χ1v) is 9.15. The van der Waals surface area contributed by atoms with Crippen molar-refractivity contribution in [2.24, 2.45) is 0 Å². The maximum atomic E-state index is 12.7. The van der Waals surface area contributed by atoms with Crippen LogP contribution in [0.5, 0.6) is 0 Å². The summed E-state index contributed by atoms with van der Waals surface area (Å²) in [5.74, 6) is 0.0699. The molecule has 2 aromatic carbocycles. The molecule has 0 N–H and O–H groups in total. The van der Waals surface area contributed by atoms with Gasteiger partial charge >= 0.3 is 0 Å². The Kier molecular flexibility index (Phi) is 5.09. The highest BCUT2D eigenvalue weighted by Gasteiger charge is 2.24. The summed E-state index contributed by atoms with van der Waals surface area (Å²) < 4.78 is 0. The number of benzene rings is 2. The lowest BCUT2D eigenvalue weighted by Gasteiger charge is -2.20. The van der Waals surface area contributed by atoms with E-state index in [1.165, 1.54) is 22.7 Å². The lowest BCUT2D eigenvalue weighted by molar-refractivity contribution is -0.128. The number of aryl methyl sites for hydroxylation is 2. The van der Waals surface area contributed by atoms with Crippen molar-refractivity contribution in [1.82, 2.24) is 9.88 Å². The van der Waals surface area contributed by atoms with Gasteiger partial charge in [-0.3, -0.25) is 4.79 Å². The van der Waals surface area contributed by atoms with Crippen LogP contribution in [0.3, 0.4) is 0 Å². The summed E-state index contributed by atoms with van der Waals surface area (Å²) in [5.41, 5.74) is 4.34. The highest BCUT2D eigenvalue weighted by molar-refractivity contribution is 8.00. The van der Waals surface area contributed by atoms with Gasteiger partial charge in [0, 0.05) is 19.5 Å². The molecule has 0 spiro atoms. The monoisotopic (exact) mass is 350 g/mol. The van der Waals surface area contributed by atoms with E-state index in [-0.39, 0.29) is 11.2 Å². The SMILES string of the molecule is Cc1cc(S[C@@H](C(=O)N(C)C)c2ccccc2)nc2c(C)cccc12. The molecule has 0 bridgehead atoms. The number of nitrogens with zero attached hydrogens (tertiary/aromatic N) is 2. The summed E-state index contributed by atoms with van der Waals surface area (Å²) >= 11 is 1.51. The van der Waals surface area contributed by atoms with Crippen molar-refractivity contribution in [3.8, 4) is 0 Å². The van der Waals surface area contributed by atoms with Crippen molar-refractivity contribution >= 4 is 28.6 Å². The van der Waals surface area contributed by atoms with E-state index in [0.29, 0.717) is 0 Å². The van der Waals surface area contributed by atoms with Gasteiger partial charge in [-0.05, 0) is 36.6 Å². The number of carbonyl (C=O) groups is 1. The van der Waals surface area contributed by atoms with Crippen LogP contribution in [0.1, 0.15) is 21.9 Å². The number of hydrogen-bond acceptors (Lipinski definition) is 3. The highest BCUT2D eigenvalue weighted by atomic mass is 32.2. The van der Waals surface area contributed by atoms with Crippen LogP contribution in [0.4, 0.5) is 0 Å². The number of aromatic nitrogens is 1. The van der Waals surface area contributed by atoms with Gasteiger partial charge in [-0.2, -0.15) is 0 Å². The van der Waals surface area contributed by atoms with Gasteiger partial charge in [0.2, 0.25) is 5.91 Å². The van der Waals surface area contributed by atoms with E-state index in [9.17, 15) is 4.79 Å². The molecule has 0 aliphatic rings. The minimum absolute atomic E-state index is 0.0699. The first kappa shape index (κ1) is 17.5. The van der Waals surface area contributed by atoms with Crippen LogP contribution in [-0.4, -0.2) is 29.9 Å². The van der Waals surface area contributed by atoms with E-state index in [4.69, 9.17) is 4.98 Å². The second-order valence-corrected chi connectivity index (χ2v) is 7.52. The van der Waals surface area contributed by atoms with Gasteiger partial charge in [-0.1, -0.05) is 60.3 Å². The molecule has 0 fully saturated rings. The van der Waals surface area contributed by atoms with Gasteiger partial charge in [-0.15, -0.1) is 0 Å². The lowest BCUT2D eigenvalue weighted by atomic mass is 10.1. The smallest absolute Gasteiger partial charge is 0.240 e. The standard InChI is InChI=1S/C21H22N2OS/c1-14-9-8-12-17-15(2)13-18(22-19(14)17)25-20(21(24)23(3)4)16-10-6-5-7-11-16/h5-13,20H,1-4H3/t20-/m1/s1. The molecule has 0 aliphatic heterocycles. The van der Waals surface area contributed by atoms with Crippen molar-refractivity contribution in [2.45, 2.75) is 24.1 Å². The molecule has 0 saturated heterocycles. The fourth-order valence-corrected chi connectivity index (χ4v) is 4.07. The molecular formula is C21H22N2OS. The molecule has 1 aromatic heterocycles. The first-order valence-electron chi connectivity index (χ1n) is 8.27. The fourth-order valence-electron chi connectivity index (χ4n) is 2.84. The van der Waals surface area contributed by atoms with E-state index < -0.39 is 0 Å². The van der Waals surface area contributed by atoms with Crippen LogP contribution >= 0.6 is 11.8 Å². The van der Waals surface area contributed by atoms with Gasteiger partial charge < -0.3 is 4.90 Å². The average molecular weight is 350 g/mol. The van der Waals surface area contributed by atoms with Crippen LogP contribution in [0, 0.1) is 13.8 Å². The van der Waals surface area contributed by atoms with E-state index in [1.54, 1.807) is 19.0 Å². The van der Waals surface area contributed by atoms with Crippen molar-refractivity contribution in [3.05, 3.63) is 71.3 Å². The van der Waals surface area contributed by atoms with Gasteiger partial charge in [0.1, 0.15) is 5.25 Å². The predicted octanol–water partition coefficient (Wildman–Crippen LogP) is 4.77. The predicted molar refractivity (Wildman–Crippen MR) is 105 cm³/mol. The molecule has 3 rings (SSSR count). The van der Waals surface area contributed by atoms with Crippen LogP contribution in [-0.2, 0) is 4.79 Å². The van der Waals surface area contributed by atoms with E-state index in [2.05, 4.69) is 38.1 Å². The van der Waals surface area contributed by atoms with E-state index in [1.807, 2.05) is 30.3 Å². The number of thioether (sulfide) groups is 1. The van der Waals surface area contributed by atoms with Gasteiger partial charge in [0.05, 0.1) is 10.5 Å². The normalized spacial score (nSPS) is 12.2. The van der Waals surface area contributed by atoms with Crippen LogP contribution in [0.2, 0.25) is 0 Å². The van der Waals surface area contributed by atoms with Crippen molar-refractivity contribution in [3.63, 3.8) is 0 Å². The molecule has 0 saturated carbocycles. The minimum atomic E-state index is -0.301. The number of amides is 1. The fraction of sp³-hybridized carbons (Fsp3) is 0.238. The van der Waals surface area contributed by atoms with Crippen molar-refractivity contribution in [2.75, 3.05) is 14.1 Å². The molecule has 3 nitrogen and oxygen atoms in total. The second-order valence-electron chi connectivity index (χ2n) is 6.39. The number of pyridine rings is 1. The Morgan fingerprint density at radius 2 is 1.72 bits per heavy atom.